The molecule has 1 fully saturated rings. The van der Waals surface area contributed by atoms with Gasteiger partial charge in [-0.05, 0) is 24.3 Å². The average Bonchev–Trinajstić information content (AvgIpc) is 3.55. The third-order valence-electron chi connectivity index (χ3n) is 5.64. The Balaban J connectivity index is 1.32. The zero-order valence-corrected chi connectivity index (χ0v) is 18.2. The van der Waals surface area contributed by atoms with Crippen LogP contribution in [0.5, 0.6) is 11.5 Å². The second-order valence-corrected chi connectivity index (χ2v) is 7.77. The third kappa shape index (κ3) is 4.30. The highest BCUT2D eigenvalue weighted by Gasteiger charge is 2.30. The number of methoxy groups -OCH3 is 1. The van der Waals surface area contributed by atoms with Crippen LogP contribution in [-0.2, 0) is 0 Å². The van der Waals surface area contributed by atoms with E-state index in [4.69, 9.17) is 14.0 Å². The van der Waals surface area contributed by atoms with Gasteiger partial charge in [-0.25, -0.2) is 0 Å². The molecule has 5 rings (SSSR count). The van der Waals surface area contributed by atoms with Gasteiger partial charge in [0.2, 0.25) is 5.82 Å². The van der Waals surface area contributed by atoms with Crippen molar-refractivity contribution in [3.63, 3.8) is 0 Å². The Morgan fingerprint density at radius 1 is 0.970 bits per heavy atom. The number of aromatic nitrogens is 2. The van der Waals surface area contributed by atoms with Gasteiger partial charge in [-0.2, -0.15) is 4.98 Å². The van der Waals surface area contributed by atoms with Gasteiger partial charge in [-0.15, -0.1) is 0 Å². The molecule has 0 spiro atoms. The van der Waals surface area contributed by atoms with E-state index in [2.05, 4.69) is 10.1 Å². The molecular weight excluding hydrogens is 418 g/mol. The van der Waals surface area contributed by atoms with Gasteiger partial charge in [0.05, 0.1) is 24.8 Å². The van der Waals surface area contributed by atoms with Gasteiger partial charge in [-0.3, -0.25) is 4.79 Å². The van der Waals surface area contributed by atoms with Crippen LogP contribution in [0, 0.1) is 0 Å². The number of likely N-dealkylation sites (tertiary alicyclic amines) is 1. The fourth-order valence-corrected chi connectivity index (χ4v) is 3.96. The van der Waals surface area contributed by atoms with E-state index in [0.29, 0.717) is 41.9 Å². The Kier molecular flexibility index (Phi) is 5.76. The minimum atomic E-state index is -0.138. The molecule has 0 bridgehead atoms. The van der Waals surface area contributed by atoms with Crippen LogP contribution in [-0.4, -0.2) is 47.3 Å². The Morgan fingerprint density at radius 3 is 2.52 bits per heavy atom. The van der Waals surface area contributed by atoms with Crippen LogP contribution in [0.15, 0.2) is 83.4 Å². The summed E-state index contributed by atoms with van der Waals surface area (Å²) in [5, 5.41) is 4.11. The number of carbonyl (C=O) groups excluding carboxylic acids is 1. The average molecular weight is 441 g/mol. The largest absolute Gasteiger partial charge is 0.496 e. The van der Waals surface area contributed by atoms with Gasteiger partial charge in [0.15, 0.2) is 0 Å². The zero-order valence-electron chi connectivity index (χ0n) is 18.2. The second kappa shape index (κ2) is 9.16. The summed E-state index contributed by atoms with van der Waals surface area (Å²) >= 11 is 0. The van der Waals surface area contributed by atoms with Crippen LogP contribution in [0.1, 0.15) is 16.8 Å². The SMILES string of the molecule is COc1ccccc1C(=O)N1CCC(Oc2ccccc2-c2nc(-c3ccccc3)no2)C1. The van der Waals surface area contributed by atoms with Crippen molar-refractivity contribution in [3.05, 3.63) is 84.4 Å². The minimum Gasteiger partial charge on any atom is -0.496 e. The molecule has 1 unspecified atom stereocenters. The molecule has 0 aliphatic carbocycles. The summed E-state index contributed by atoms with van der Waals surface area (Å²) in [6.45, 7) is 1.10. The number of carbonyl (C=O) groups is 1. The molecule has 4 aromatic rings. The Hall–Kier alpha value is -4.13. The van der Waals surface area contributed by atoms with Crippen molar-refractivity contribution in [1.82, 2.24) is 15.0 Å². The molecule has 1 saturated heterocycles. The Bertz CT molecular complexity index is 1260. The zero-order chi connectivity index (χ0) is 22.6. The van der Waals surface area contributed by atoms with Crippen LogP contribution in [0.25, 0.3) is 22.8 Å². The topological polar surface area (TPSA) is 77.7 Å². The highest BCUT2D eigenvalue weighted by Crippen LogP contribution is 2.32. The molecule has 7 heteroatoms. The molecule has 2 heterocycles. The van der Waals surface area contributed by atoms with E-state index < -0.39 is 0 Å². The van der Waals surface area contributed by atoms with E-state index >= 15 is 0 Å². The summed E-state index contributed by atoms with van der Waals surface area (Å²) in [6, 6.07) is 24.5. The third-order valence-corrected chi connectivity index (χ3v) is 5.64. The normalized spacial score (nSPS) is 15.4. The van der Waals surface area contributed by atoms with Gasteiger partial charge in [0.1, 0.15) is 17.6 Å². The van der Waals surface area contributed by atoms with Gasteiger partial charge in [0, 0.05) is 18.5 Å². The maximum Gasteiger partial charge on any atom is 0.262 e. The summed E-state index contributed by atoms with van der Waals surface area (Å²) in [4.78, 5) is 19.4. The van der Waals surface area contributed by atoms with Crippen molar-refractivity contribution < 1.29 is 18.8 Å². The first-order valence-electron chi connectivity index (χ1n) is 10.8. The van der Waals surface area contributed by atoms with Crippen LogP contribution < -0.4 is 9.47 Å². The fraction of sp³-hybridized carbons (Fsp3) is 0.192. The standard InChI is InChI=1S/C26H23N3O4/c1-31-22-13-7-6-12-21(22)26(30)29-16-15-19(17-29)32-23-14-8-5-11-20(23)25-27-24(28-33-25)18-9-3-2-4-10-18/h2-14,19H,15-17H2,1H3. The van der Waals surface area contributed by atoms with Crippen molar-refractivity contribution in [2.45, 2.75) is 12.5 Å². The quantitative estimate of drug-likeness (QED) is 0.431. The van der Waals surface area contributed by atoms with E-state index in [1.807, 2.05) is 66.7 Å². The molecular formula is C26H23N3O4. The number of hydrogen-bond acceptors (Lipinski definition) is 6. The van der Waals surface area contributed by atoms with Crippen molar-refractivity contribution >= 4 is 5.91 Å². The van der Waals surface area contributed by atoms with Crippen molar-refractivity contribution in [2.75, 3.05) is 20.2 Å². The first-order valence-corrected chi connectivity index (χ1v) is 10.8. The number of hydrogen-bond donors (Lipinski definition) is 0. The molecule has 1 aliphatic heterocycles. The highest BCUT2D eigenvalue weighted by molar-refractivity contribution is 5.97. The monoisotopic (exact) mass is 441 g/mol. The van der Waals surface area contributed by atoms with E-state index in [1.165, 1.54) is 0 Å². The lowest BCUT2D eigenvalue weighted by molar-refractivity contribution is 0.0769. The van der Waals surface area contributed by atoms with E-state index in [0.717, 1.165) is 17.5 Å². The van der Waals surface area contributed by atoms with Gasteiger partial charge >= 0.3 is 0 Å². The first kappa shape index (κ1) is 20.8. The number of amides is 1. The number of benzene rings is 3. The molecule has 166 valence electrons. The molecule has 1 amide bonds. The van der Waals surface area contributed by atoms with E-state index in [1.54, 1.807) is 24.1 Å². The van der Waals surface area contributed by atoms with Gasteiger partial charge in [0.25, 0.3) is 11.8 Å². The predicted molar refractivity (Wildman–Crippen MR) is 123 cm³/mol. The number of ether oxygens (including phenoxy) is 2. The lowest BCUT2D eigenvalue weighted by atomic mass is 10.2. The summed E-state index contributed by atoms with van der Waals surface area (Å²) in [5.41, 5.74) is 2.16. The number of nitrogens with zero attached hydrogens (tertiary/aromatic N) is 3. The van der Waals surface area contributed by atoms with Crippen LogP contribution in [0.2, 0.25) is 0 Å². The molecule has 0 N–H and O–H groups in total. The molecule has 7 nitrogen and oxygen atoms in total. The van der Waals surface area contributed by atoms with Crippen LogP contribution in [0.4, 0.5) is 0 Å². The molecule has 33 heavy (non-hydrogen) atoms. The van der Waals surface area contributed by atoms with Crippen molar-refractivity contribution in [3.8, 4) is 34.3 Å². The summed E-state index contributed by atoms with van der Waals surface area (Å²) < 4.78 is 17.2. The molecule has 1 atom stereocenters. The van der Waals surface area contributed by atoms with Gasteiger partial charge < -0.3 is 18.9 Å². The van der Waals surface area contributed by atoms with E-state index in [-0.39, 0.29) is 12.0 Å². The number of rotatable bonds is 6. The highest BCUT2D eigenvalue weighted by atomic mass is 16.5. The number of para-hydroxylation sites is 2. The first-order chi connectivity index (χ1) is 16.2. The maximum absolute atomic E-state index is 13.0. The Labute approximate surface area is 191 Å². The van der Waals surface area contributed by atoms with Crippen LogP contribution >= 0.6 is 0 Å². The molecule has 1 aromatic heterocycles. The minimum absolute atomic E-state index is 0.0590. The van der Waals surface area contributed by atoms with Gasteiger partial charge in [-0.1, -0.05) is 59.8 Å². The summed E-state index contributed by atoms with van der Waals surface area (Å²) in [7, 11) is 1.57. The Morgan fingerprint density at radius 2 is 1.70 bits per heavy atom. The summed E-state index contributed by atoms with van der Waals surface area (Å²) in [6.07, 6.45) is 0.593. The lowest BCUT2D eigenvalue weighted by Gasteiger charge is -2.19. The molecule has 0 saturated carbocycles. The molecule has 0 radical (unpaired) electrons. The molecule has 3 aromatic carbocycles. The van der Waals surface area contributed by atoms with Crippen LogP contribution in [0.3, 0.4) is 0 Å². The fourth-order valence-electron chi connectivity index (χ4n) is 3.96. The van der Waals surface area contributed by atoms with Crippen molar-refractivity contribution in [1.29, 1.82) is 0 Å². The smallest absolute Gasteiger partial charge is 0.262 e. The molecule has 1 aliphatic rings. The van der Waals surface area contributed by atoms with E-state index in [9.17, 15) is 4.79 Å². The second-order valence-electron chi connectivity index (χ2n) is 7.77. The lowest BCUT2D eigenvalue weighted by Crippen LogP contribution is -2.31. The van der Waals surface area contributed by atoms with Crippen molar-refractivity contribution in [2.24, 2.45) is 0 Å². The maximum atomic E-state index is 13.0. The summed E-state index contributed by atoms with van der Waals surface area (Å²) in [5.74, 6) is 2.08. The predicted octanol–water partition coefficient (Wildman–Crippen LogP) is 4.71.